The zero-order valence-electron chi connectivity index (χ0n) is 12.4. The van der Waals surface area contributed by atoms with Crippen molar-refractivity contribution in [1.82, 2.24) is 0 Å². The maximum Gasteiger partial charge on any atom is 0.168 e. The highest BCUT2D eigenvalue weighted by Gasteiger charge is 2.12. The van der Waals surface area contributed by atoms with Gasteiger partial charge in [-0.2, -0.15) is 0 Å². The Morgan fingerprint density at radius 1 is 0.895 bits per heavy atom. The van der Waals surface area contributed by atoms with Crippen molar-refractivity contribution in [2.24, 2.45) is 0 Å². The van der Waals surface area contributed by atoms with Crippen LogP contribution >= 0.6 is 0 Å². The maximum absolute atomic E-state index is 11.2. The van der Waals surface area contributed by atoms with Crippen LogP contribution in [0, 0.1) is 0 Å². The van der Waals surface area contributed by atoms with Gasteiger partial charge in [-0.25, -0.2) is 0 Å². The van der Waals surface area contributed by atoms with Gasteiger partial charge < -0.3 is 5.11 Å². The molecule has 0 amide bonds. The lowest BCUT2D eigenvalue weighted by Crippen LogP contribution is -2.21. The Hall–Kier alpha value is -0.700. The fraction of sp³-hybridized carbons (Fsp3) is 0.875. The van der Waals surface area contributed by atoms with Crippen LogP contribution in [0.4, 0.5) is 0 Å². The Bertz CT molecular complexity index is 226. The van der Waals surface area contributed by atoms with Crippen molar-refractivity contribution in [1.29, 1.82) is 0 Å². The van der Waals surface area contributed by atoms with Gasteiger partial charge in [0.15, 0.2) is 18.2 Å². The van der Waals surface area contributed by atoms with Crippen LogP contribution in [0.1, 0.15) is 84.0 Å². The molecular formula is C16H30O3. The van der Waals surface area contributed by atoms with Crippen LogP contribution in [0.5, 0.6) is 0 Å². The molecule has 0 aromatic carbocycles. The van der Waals surface area contributed by atoms with Gasteiger partial charge >= 0.3 is 0 Å². The molecule has 0 spiro atoms. The molecule has 112 valence electrons. The lowest BCUT2D eigenvalue weighted by atomic mass is 10.0. The standard InChI is InChI=1S/C16H30O3/c1-2-3-4-5-6-7-8-9-10-11-12-13-15(18)16(19)14-17/h14,16,19H,2-13H2,1H3. The fourth-order valence-electron chi connectivity index (χ4n) is 2.19. The molecule has 1 N–H and O–H groups in total. The zero-order valence-corrected chi connectivity index (χ0v) is 12.4. The SMILES string of the molecule is CCCCCCCCCCCCCC(=O)C(O)C=O. The van der Waals surface area contributed by atoms with E-state index in [4.69, 9.17) is 5.11 Å². The predicted octanol–water partition coefficient (Wildman–Crippen LogP) is 3.82. The molecular weight excluding hydrogens is 240 g/mol. The molecule has 1 unspecified atom stereocenters. The highest BCUT2D eigenvalue weighted by Crippen LogP contribution is 2.12. The second kappa shape index (κ2) is 13.7. The van der Waals surface area contributed by atoms with E-state index >= 15 is 0 Å². The third-order valence-corrected chi connectivity index (χ3v) is 3.49. The molecule has 3 nitrogen and oxygen atoms in total. The van der Waals surface area contributed by atoms with E-state index in [0.717, 1.165) is 19.3 Å². The van der Waals surface area contributed by atoms with E-state index in [1.54, 1.807) is 0 Å². The van der Waals surface area contributed by atoms with E-state index < -0.39 is 6.10 Å². The summed E-state index contributed by atoms with van der Waals surface area (Å²) in [7, 11) is 0. The minimum absolute atomic E-state index is 0.306. The van der Waals surface area contributed by atoms with Crippen molar-refractivity contribution < 1.29 is 14.7 Å². The predicted molar refractivity (Wildman–Crippen MR) is 78.2 cm³/mol. The quantitative estimate of drug-likeness (QED) is 0.296. The number of carbonyl (C=O) groups excluding carboxylic acids is 2. The van der Waals surface area contributed by atoms with Crippen molar-refractivity contribution in [3.63, 3.8) is 0 Å². The smallest absolute Gasteiger partial charge is 0.168 e. The van der Waals surface area contributed by atoms with Crippen molar-refractivity contribution in [2.75, 3.05) is 0 Å². The molecule has 0 bridgehead atoms. The average Bonchev–Trinajstić information content (AvgIpc) is 2.43. The monoisotopic (exact) mass is 270 g/mol. The lowest BCUT2D eigenvalue weighted by molar-refractivity contribution is -0.132. The number of rotatable bonds is 14. The molecule has 0 heterocycles. The van der Waals surface area contributed by atoms with Gasteiger partial charge in [-0.1, -0.05) is 71.1 Å². The summed E-state index contributed by atoms with van der Waals surface area (Å²) in [5.41, 5.74) is 0. The minimum Gasteiger partial charge on any atom is -0.378 e. The van der Waals surface area contributed by atoms with Crippen LogP contribution in [0.15, 0.2) is 0 Å². The number of ketones is 1. The fourth-order valence-corrected chi connectivity index (χ4v) is 2.19. The van der Waals surface area contributed by atoms with Gasteiger partial charge in [0.2, 0.25) is 0 Å². The third kappa shape index (κ3) is 12.1. The molecule has 0 saturated carbocycles. The molecule has 0 aromatic heterocycles. The molecule has 0 rings (SSSR count). The van der Waals surface area contributed by atoms with Gasteiger partial charge in [0.25, 0.3) is 0 Å². The Balaban J connectivity index is 3.15. The number of aliphatic hydroxyl groups excluding tert-OH is 1. The van der Waals surface area contributed by atoms with Gasteiger partial charge in [0, 0.05) is 6.42 Å². The lowest BCUT2D eigenvalue weighted by Gasteiger charge is -2.03. The van der Waals surface area contributed by atoms with Crippen molar-refractivity contribution in [3.8, 4) is 0 Å². The van der Waals surface area contributed by atoms with E-state index in [1.807, 2.05) is 0 Å². The normalized spacial score (nSPS) is 12.3. The Kier molecular flexibility index (Phi) is 13.2. The van der Waals surface area contributed by atoms with Crippen LogP contribution in [-0.2, 0) is 9.59 Å². The molecule has 0 aromatic rings. The van der Waals surface area contributed by atoms with Gasteiger partial charge in [-0.15, -0.1) is 0 Å². The number of aldehydes is 1. The van der Waals surface area contributed by atoms with Crippen LogP contribution < -0.4 is 0 Å². The summed E-state index contributed by atoms with van der Waals surface area (Å²) in [6.07, 6.45) is 12.8. The van der Waals surface area contributed by atoms with Crippen molar-refractivity contribution >= 4 is 12.1 Å². The van der Waals surface area contributed by atoms with Gasteiger partial charge in [0.1, 0.15) is 0 Å². The van der Waals surface area contributed by atoms with Crippen LogP contribution in [-0.4, -0.2) is 23.3 Å². The Morgan fingerprint density at radius 3 is 1.74 bits per heavy atom. The summed E-state index contributed by atoms with van der Waals surface area (Å²) < 4.78 is 0. The van der Waals surface area contributed by atoms with Crippen LogP contribution in [0.3, 0.4) is 0 Å². The Labute approximate surface area is 117 Å². The summed E-state index contributed by atoms with van der Waals surface area (Å²) in [5, 5.41) is 8.97. The number of Topliss-reactive ketones (excluding diaryl/α,β-unsaturated/α-hetero) is 1. The molecule has 0 radical (unpaired) electrons. The summed E-state index contributed by atoms with van der Waals surface area (Å²) in [6, 6.07) is 0. The van der Waals surface area contributed by atoms with Gasteiger partial charge in [0.05, 0.1) is 0 Å². The van der Waals surface area contributed by atoms with E-state index in [1.165, 1.54) is 51.4 Å². The first-order valence-corrected chi connectivity index (χ1v) is 7.88. The van der Waals surface area contributed by atoms with E-state index in [2.05, 4.69) is 6.92 Å². The molecule has 0 aliphatic rings. The first-order valence-electron chi connectivity index (χ1n) is 7.88. The van der Waals surface area contributed by atoms with Crippen LogP contribution in [0.2, 0.25) is 0 Å². The van der Waals surface area contributed by atoms with Crippen molar-refractivity contribution in [2.45, 2.75) is 90.1 Å². The second-order valence-electron chi connectivity index (χ2n) is 5.33. The summed E-state index contributed by atoms with van der Waals surface area (Å²) in [5.74, 6) is -0.342. The first-order chi connectivity index (χ1) is 9.22. The summed E-state index contributed by atoms with van der Waals surface area (Å²) >= 11 is 0. The van der Waals surface area contributed by atoms with E-state index in [0.29, 0.717) is 12.7 Å². The van der Waals surface area contributed by atoms with Gasteiger partial charge in [-0.05, 0) is 6.42 Å². The third-order valence-electron chi connectivity index (χ3n) is 3.49. The largest absolute Gasteiger partial charge is 0.378 e. The highest BCUT2D eigenvalue weighted by atomic mass is 16.3. The number of unbranched alkanes of at least 4 members (excludes halogenated alkanes) is 10. The maximum atomic E-state index is 11.2. The molecule has 0 aliphatic heterocycles. The van der Waals surface area contributed by atoms with Gasteiger partial charge in [-0.3, -0.25) is 9.59 Å². The molecule has 0 fully saturated rings. The van der Waals surface area contributed by atoms with Crippen LogP contribution in [0.25, 0.3) is 0 Å². The average molecular weight is 270 g/mol. The zero-order chi connectivity index (χ0) is 14.3. The molecule has 0 saturated heterocycles. The number of carbonyl (C=O) groups is 2. The summed E-state index contributed by atoms with van der Waals surface area (Å²) in [6.45, 7) is 2.23. The topological polar surface area (TPSA) is 54.4 Å². The highest BCUT2D eigenvalue weighted by molar-refractivity contribution is 5.95. The van der Waals surface area contributed by atoms with E-state index in [-0.39, 0.29) is 5.78 Å². The second-order valence-corrected chi connectivity index (χ2v) is 5.33. The number of aliphatic hydroxyl groups is 1. The van der Waals surface area contributed by atoms with Crippen molar-refractivity contribution in [3.05, 3.63) is 0 Å². The summed E-state index contributed by atoms with van der Waals surface area (Å²) in [4.78, 5) is 21.3. The molecule has 3 heteroatoms. The van der Waals surface area contributed by atoms with E-state index in [9.17, 15) is 9.59 Å². The number of hydrogen-bond donors (Lipinski definition) is 1. The Morgan fingerprint density at radius 2 is 1.32 bits per heavy atom. The molecule has 0 aliphatic carbocycles. The number of hydrogen-bond acceptors (Lipinski definition) is 3. The molecule has 19 heavy (non-hydrogen) atoms. The molecule has 1 atom stereocenters. The first kappa shape index (κ1) is 18.3. The minimum atomic E-state index is -1.40.